The predicted molar refractivity (Wildman–Crippen MR) is 104 cm³/mol. The molecule has 0 atom stereocenters. The average Bonchev–Trinajstić information content (AvgIpc) is 2.61. The number of aromatic nitrogens is 1. The Morgan fingerprint density at radius 3 is 2.50 bits per heavy atom. The second-order valence-electron chi connectivity index (χ2n) is 8.69. The molecule has 8 nitrogen and oxygen atoms in total. The molecule has 28 heavy (non-hydrogen) atoms. The number of fused-ring (bicyclic) bond motifs is 1. The first kappa shape index (κ1) is 20.2. The van der Waals surface area contributed by atoms with E-state index in [2.05, 4.69) is 4.98 Å². The quantitative estimate of drug-likeness (QED) is 0.771. The van der Waals surface area contributed by atoms with Gasteiger partial charge in [0.2, 0.25) is 5.88 Å². The molecule has 0 bridgehead atoms. The molecule has 1 saturated heterocycles. The summed E-state index contributed by atoms with van der Waals surface area (Å²) in [6.45, 7) is 10.1. The van der Waals surface area contributed by atoms with E-state index in [4.69, 9.17) is 14.2 Å². The first-order chi connectivity index (χ1) is 13.0. The number of rotatable bonds is 2. The van der Waals surface area contributed by atoms with Crippen LogP contribution in [-0.2, 0) is 9.53 Å². The molecule has 3 rings (SSSR count). The van der Waals surface area contributed by atoms with E-state index in [1.165, 1.54) is 0 Å². The number of hydrogen-bond donors (Lipinski definition) is 0. The van der Waals surface area contributed by atoms with Crippen molar-refractivity contribution in [1.82, 2.24) is 9.88 Å². The Morgan fingerprint density at radius 1 is 1.29 bits per heavy atom. The van der Waals surface area contributed by atoms with Crippen LogP contribution in [0.3, 0.4) is 0 Å². The summed E-state index contributed by atoms with van der Waals surface area (Å²) >= 11 is 0. The lowest BCUT2D eigenvalue weighted by Crippen LogP contribution is -2.58. The molecule has 1 aromatic heterocycles. The number of methoxy groups -OCH3 is 1. The highest BCUT2D eigenvalue weighted by Gasteiger charge is 2.45. The molecule has 0 N–H and O–H groups in total. The van der Waals surface area contributed by atoms with Crippen molar-refractivity contribution in [2.45, 2.75) is 64.7 Å². The highest BCUT2D eigenvalue weighted by atomic mass is 16.6. The maximum Gasteiger partial charge on any atom is 0.410 e. The van der Waals surface area contributed by atoms with Gasteiger partial charge in [-0.25, -0.2) is 9.78 Å². The zero-order valence-corrected chi connectivity index (χ0v) is 17.4. The van der Waals surface area contributed by atoms with Crippen molar-refractivity contribution in [3.63, 3.8) is 0 Å². The van der Waals surface area contributed by atoms with E-state index >= 15 is 0 Å². The fourth-order valence-electron chi connectivity index (χ4n) is 3.47. The molecule has 0 unspecified atom stereocenters. The third-order valence-corrected chi connectivity index (χ3v) is 4.87. The van der Waals surface area contributed by atoms with Gasteiger partial charge >= 0.3 is 6.09 Å². The predicted octanol–water partition coefficient (Wildman–Crippen LogP) is 2.99. The van der Waals surface area contributed by atoms with Crippen molar-refractivity contribution in [3.8, 4) is 11.6 Å². The van der Waals surface area contributed by atoms with Gasteiger partial charge in [0.15, 0.2) is 5.60 Å². The minimum absolute atomic E-state index is 0.0537. The summed E-state index contributed by atoms with van der Waals surface area (Å²) in [6.07, 6.45) is 2.56. The third-order valence-electron chi connectivity index (χ3n) is 4.87. The SMILES string of the molecule is COc1cnc2c(c1)N(C1CCN(C(=O)OC(C)(C)C)CC1)C(=O)C(C)(C)O2. The van der Waals surface area contributed by atoms with Crippen LogP contribution in [-0.4, -0.2) is 59.3 Å². The number of piperidine rings is 1. The van der Waals surface area contributed by atoms with Crippen LogP contribution >= 0.6 is 0 Å². The Bertz CT molecular complexity index is 764. The van der Waals surface area contributed by atoms with E-state index in [0.29, 0.717) is 43.2 Å². The summed E-state index contributed by atoms with van der Waals surface area (Å²) in [5.74, 6) is 0.858. The fraction of sp³-hybridized carbons (Fsp3) is 0.650. The first-order valence-corrected chi connectivity index (χ1v) is 9.56. The summed E-state index contributed by atoms with van der Waals surface area (Å²) in [4.78, 5) is 33.2. The smallest absolute Gasteiger partial charge is 0.410 e. The lowest BCUT2D eigenvalue weighted by atomic mass is 9.97. The molecule has 2 aliphatic rings. The number of carbonyl (C=O) groups is 2. The van der Waals surface area contributed by atoms with E-state index < -0.39 is 11.2 Å². The van der Waals surface area contributed by atoms with E-state index in [9.17, 15) is 9.59 Å². The molecule has 8 heteroatoms. The minimum atomic E-state index is -1.00. The van der Waals surface area contributed by atoms with Gasteiger partial charge in [-0.2, -0.15) is 0 Å². The number of nitrogens with zero attached hydrogens (tertiary/aromatic N) is 3. The van der Waals surface area contributed by atoms with Crippen LogP contribution in [0.5, 0.6) is 11.6 Å². The molecule has 1 fully saturated rings. The average molecular weight is 391 g/mol. The number of carbonyl (C=O) groups excluding carboxylic acids is 2. The van der Waals surface area contributed by atoms with Crippen molar-refractivity contribution in [1.29, 1.82) is 0 Å². The van der Waals surface area contributed by atoms with Crippen LogP contribution in [0.25, 0.3) is 0 Å². The summed E-state index contributed by atoms with van der Waals surface area (Å²) in [7, 11) is 1.56. The molecule has 0 aliphatic carbocycles. The Hall–Kier alpha value is -2.51. The lowest BCUT2D eigenvalue weighted by Gasteiger charge is -2.44. The number of likely N-dealkylation sites (tertiary alicyclic amines) is 1. The Kier molecular flexibility index (Phi) is 5.16. The van der Waals surface area contributed by atoms with Gasteiger partial charge < -0.3 is 24.0 Å². The second kappa shape index (κ2) is 7.14. The van der Waals surface area contributed by atoms with Crippen molar-refractivity contribution in [2.75, 3.05) is 25.1 Å². The summed E-state index contributed by atoms with van der Waals surface area (Å²) in [5, 5.41) is 0. The number of pyridine rings is 1. The van der Waals surface area contributed by atoms with E-state index in [1.54, 1.807) is 43.0 Å². The molecule has 0 spiro atoms. The lowest BCUT2D eigenvalue weighted by molar-refractivity contribution is -0.133. The van der Waals surface area contributed by atoms with Gasteiger partial charge in [-0.1, -0.05) is 0 Å². The number of hydrogen-bond acceptors (Lipinski definition) is 6. The largest absolute Gasteiger partial charge is 0.495 e. The van der Waals surface area contributed by atoms with Crippen LogP contribution < -0.4 is 14.4 Å². The van der Waals surface area contributed by atoms with Gasteiger partial charge in [0.05, 0.1) is 13.3 Å². The Balaban J connectivity index is 1.80. The molecule has 154 valence electrons. The van der Waals surface area contributed by atoms with Gasteiger partial charge in [-0.3, -0.25) is 4.79 Å². The van der Waals surface area contributed by atoms with Crippen LogP contribution in [0.4, 0.5) is 10.5 Å². The number of anilines is 1. The van der Waals surface area contributed by atoms with Crippen LogP contribution in [0, 0.1) is 0 Å². The molecule has 0 radical (unpaired) electrons. The first-order valence-electron chi connectivity index (χ1n) is 9.56. The third kappa shape index (κ3) is 4.00. The van der Waals surface area contributed by atoms with Gasteiger partial charge in [0, 0.05) is 25.2 Å². The maximum absolute atomic E-state index is 13.1. The zero-order valence-electron chi connectivity index (χ0n) is 17.4. The Labute approximate surface area is 165 Å². The van der Waals surface area contributed by atoms with Gasteiger partial charge in [-0.05, 0) is 47.5 Å². The van der Waals surface area contributed by atoms with Crippen molar-refractivity contribution < 1.29 is 23.8 Å². The number of ether oxygens (including phenoxy) is 3. The van der Waals surface area contributed by atoms with Crippen molar-refractivity contribution in [2.24, 2.45) is 0 Å². The molecule has 1 aromatic rings. The molecule has 0 aromatic carbocycles. The van der Waals surface area contributed by atoms with Crippen molar-refractivity contribution >= 4 is 17.7 Å². The van der Waals surface area contributed by atoms with E-state index in [-0.39, 0.29) is 18.0 Å². The standard InChI is InChI=1S/C20H29N3O5/c1-19(2,3)28-18(25)22-9-7-13(8-10-22)23-15-11-14(26-6)12-21-16(15)27-20(4,5)17(23)24/h11-13H,7-10H2,1-6H3. The zero-order chi connectivity index (χ0) is 20.7. The fourth-order valence-corrected chi connectivity index (χ4v) is 3.47. The van der Waals surface area contributed by atoms with Crippen LogP contribution in [0.1, 0.15) is 47.5 Å². The highest BCUT2D eigenvalue weighted by molar-refractivity contribution is 6.02. The second-order valence-corrected chi connectivity index (χ2v) is 8.69. The molecular weight excluding hydrogens is 362 g/mol. The molecular formula is C20H29N3O5. The summed E-state index contributed by atoms with van der Waals surface area (Å²) in [5.41, 5.74) is -0.921. The van der Waals surface area contributed by atoms with Crippen molar-refractivity contribution in [3.05, 3.63) is 12.3 Å². The monoisotopic (exact) mass is 391 g/mol. The van der Waals surface area contributed by atoms with Gasteiger partial charge in [0.1, 0.15) is 17.0 Å². The normalized spacial score (nSPS) is 19.7. The number of amides is 2. The molecule has 2 aliphatic heterocycles. The van der Waals surface area contributed by atoms with E-state index in [0.717, 1.165) is 0 Å². The van der Waals surface area contributed by atoms with Gasteiger partial charge in [0.25, 0.3) is 5.91 Å². The minimum Gasteiger partial charge on any atom is -0.495 e. The molecule has 0 saturated carbocycles. The maximum atomic E-state index is 13.1. The summed E-state index contributed by atoms with van der Waals surface area (Å²) in [6, 6.07) is 1.72. The van der Waals surface area contributed by atoms with Crippen LogP contribution in [0.15, 0.2) is 12.3 Å². The van der Waals surface area contributed by atoms with Gasteiger partial charge in [-0.15, -0.1) is 0 Å². The summed E-state index contributed by atoms with van der Waals surface area (Å²) < 4.78 is 16.6. The Morgan fingerprint density at radius 2 is 1.93 bits per heavy atom. The molecule has 3 heterocycles. The topological polar surface area (TPSA) is 81.2 Å². The van der Waals surface area contributed by atoms with Crippen LogP contribution in [0.2, 0.25) is 0 Å². The molecule has 2 amide bonds. The highest BCUT2D eigenvalue weighted by Crippen LogP contribution is 2.40. The van der Waals surface area contributed by atoms with E-state index in [1.807, 2.05) is 20.8 Å².